The number of hydrogen-bond donors (Lipinski definition) is 0. The molecule has 0 atom stereocenters. The molecule has 0 bridgehead atoms. The van der Waals surface area contributed by atoms with Crippen LogP contribution in [0.5, 0.6) is 11.5 Å². The van der Waals surface area contributed by atoms with Crippen molar-refractivity contribution in [2.24, 2.45) is 0 Å². The highest BCUT2D eigenvalue weighted by molar-refractivity contribution is 6.62. The smallest absolute Gasteiger partial charge is 0.453 e. The number of benzene rings is 5. The van der Waals surface area contributed by atoms with E-state index in [9.17, 15) is 0 Å². The highest BCUT2D eigenvalue weighted by Crippen LogP contribution is 2.53. The average molecular weight is 578 g/mol. The summed E-state index contributed by atoms with van der Waals surface area (Å²) in [5.41, 5.74) is 10.8. The fourth-order valence-corrected chi connectivity index (χ4v) is 6.85. The Labute approximate surface area is 260 Å². The molecule has 0 unspecified atom stereocenters. The van der Waals surface area contributed by atoms with Crippen LogP contribution in [-0.4, -0.2) is 18.3 Å². The zero-order chi connectivity index (χ0) is 30.4. The third kappa shape index (κ3) is 3.99. The van der Waals surface area contributed by atoms with Crippen LogP contribution in [0.2, 0.25) is 0 Å². The summed E-state index contributed by atoms with van der Waals surface area (Å²) in [6.45, 7) is 13.0. The molecule has 44 heavy (non-hydrogen) atoms. The molecule has 8 rings (SSSR count). The first kappa shape index (κ1) is 27.2. The molecule has 1 saturated heterocycles. The molecule has 0 spiro atoms. The minimum Gasteiger partial charge on any atom is -0.453 e. The molecule has 3 aliphatic rings. The van der Waals surface area contributed by atoms with Gasteiger partial charge in [0.15, 0.2) is 11.5 Å². The molecule has 2 aliphatic heterocycles. The molecule has 0 amide bonds. The van der Waals surface area contributed by atoms with Gasteiger partial charge in [0, 0.05) is 11.1 Å². The predicted molar refractivity (Wildman–Crippen MR) is 180 cm³/mol. The van der Waals surface area contributed by atoms with Crippen molar-refractivity contribution >= 4 is 29.6 Å². The van der Waals surface area contributed by atoms with Gasteiger partial charge in [-0.15, -0.1) is 0 Å². The summed E-state index contributed by atoms with van der Waals surface area (Å²) in [7, 11) is -0.378. The number of hydrogen-bond acceptors (Lipinski definition) is 4. The summed E-state index contributed by atoms with van der Waals surface area (Å²) in [6, 6.07) is 38.8. The highest BCUT2D eigenvalue weighted by Gasteiger charge is 2.52. The topological polar surface area (TPSA) is 30.9 Å². The Hall–Kier alpha value is -4.32. The van der Waals surface area contributed by atoms with E-state index in [-0.39, 0.29) is 23.7 Å². The summed E-state index contributed by atoms with van der Waals surface area (Å²) in [6.07, 6.45) is 0. The molecular formula is C39H36BNO3. The van der Waals surface area contributed by atoms with Crippen molar-refractivity contribution in [1.29, 1.82) is 0 Å². The fourth-order valence-electron chi connectivity index (χ4n) is 6.85. The summed E-state index contributed by atoms with van der Waals surface area (Å²) in [5, 5.41) is 0. The van der Waals surface area contributed by atoms with Crippen LogP contribution in [0.1, 0.15) is 52.7 Å². The van der Waals surface area contributed by atoms with Crippen molar-refractivity contribution < 1.29 is 14.0 Å². The van der Waals surface area contributed by atoms with E-state index in [1.165, 1.54) is 27.8 Å². The molecular weight excluding hydrogens is 541 g/mol. The number of nitrogens with zero attached hydrogens (tertiary/aromatic N) is 1. The first-order valence-corrected chi connectivity index (χ1v) is 15.4. The Morgan fingerprint density at radius 2 is 1.14 bits per heavy atom. The number of rotatable bonds is 3. The minimum atomic E-state index is -0.378. The average Bonchev–Trinajstić information content (AvgIpc) is 3.38. The molecule has 5 aromatic carbocycles. The van der Waals surface area contributed by atoms with E-state index in [0.29, 0.717) is 0 Å². The molecule has 0 saturated carbocycles. The number of ether oxygens (including phenoxy) is 1. The van der Waals surface area contributed by atoms with Gasteiger partial charge in [-0.2, -0.15) is 0 Å². The summed E-state index contributed by atoms with van der Waals surface area (Å²) >= 11 is 0. The van der Waals surface area contributed by atoms with E-state index in [0.717, 1.165) is 39.6 Å². The number of anilines is 3. The molecule has 0 radical (unpaired) electrons. The van der Waals surface area contributed by atoms with Crippen LogP contribution in [0.25, 0.3) is 22.3 Å². The molecule has 0 aromatic heterocycles. The zero-order valence-corrected chi connectivity index (χ0v) is 26.1. The van der Waals surface area contributed by atoms with Crippen LogP contribution in [-0.2, 0) is 14.7 Å². The summed E-state index contributed by atoms with van der Waals surface area (Å²) < 4.78 is 19.3. The van der Waals surface area contributed by atoms with Crippen LogP contribution in [0.15, 0.2) is 109 Å². The van der Waals surface area contributed by atoms with E-state index in [1.54, 1.807) is 0 Å². The Kier molecular flexibility index (Phi) is 5.79. The maximum atomic E-state index is 6.50. The van der Waals surface area contributed by atoms with Gasteiger partial charge >= 0.3 is 7.12 Å². The minimum absolute atomic E-state index is 0.173. The molecule has 218 valence electrons. The van der Waals surface area contributed by atoms with Crippen LogP contribution in [0.3, 0.4) is 0 Å². The fraction of sp³-hybridized carbons (Fsp3) is 0.231. The second-order valence-electron chi connectivity index (χ2n) is 13.7. The second-order valence-corrected chi connectivity index (χ2v) is 13.7. The zero-order valence-electron chi connectivity index (χ0n) is 26.1. The maximum Gasteiger partial charge on any atom is 0.494 e. The van der Waals surface area contributed by atoms with Gasteiger partial charge in [-0.25, -0.2) is 0 Å². The van der Waals surface area contributed by atoms with E-state index in [1.807, 2.05) is 18.2 Å². The Morgan fingerprint density at radius 1 is 0.545 bits per heavy atom. The van der Waals surface area contributed by atoms with Crippen molar-refractivity contribution in [3.8, 4) is 33.8 Å². The first-order valence-electron chi connectivity index (χ1n) is 15.4. The van der Waals surface area contributed by atoms with Gasteiger partial charge in [-0.3, -0.25) is 0 Å². The maximum absolute atomic E-state index is 6.50. The largest absolute Gasteiger partial charge is 0.494 e. The number of fused-ring (bicyclic) bond motifs is 5. The van der Waals surface area contributed by atoms with E-state index in [4.69, 9.17) is 14.0 Å². The molecule has 4 nitrogen and oxygen atoms in total. The Bertz CT molecular complexity index is 1930. The van der Waals surface area contributed by atoms with Crippen molar-refractivity contribution in [2.45, 2.75) is 58.2 Å². The molecule has 2 heterocycles. The van der Waals surface area contributed by atoms with Gasteiger partial charge in [-0.1, -0.05) is 80.6 Å². The van der Waals surface area contributed by atoms with Crippen molar-refractivity contribution in [2.75, 3.05) is 4.90 Å². The van der Waals surface area contributed by atoms with Crippen molar-refractivity contribution in [1.82, 2.24) is 0 Å². The molecule has 5 heteroatoms. The van der Waals surface area contributed by atoms with Gasteiger partial charge in [0.25, 0.3) is 0 Å². The Balaban J connectivity index is 1.16. The number of para-hydroxylation sites is 3. The van der Waals surface area contributed by atoms with Crippen LogP contribution < -0.4 is 15.1 Å². The quantitative estimate of drug-likeness (QED) is 0.196. The van der Waals surface area contributed by atoms with Gasteiger partial charge < -0.3 is 18.9 Å². The molecule has 5 aromatic rings. The van der Waals surface area contributed by atoms with Gasteiger partial charge in [0.2, 0.25) is 0 Å². The van der Waals surface area contributed by atoms with Gasteiger partial charge in [0.05, 0.1) is 22.6 Å². The lowest BCUT2D eigenvalue weighted by Gasteiger charge is -2.33. The molecule has 1 fully saturated rings. The normalized spacial score (nSPS) is 18.2. The third-order valence-electron chi connectivity index (χ3n) is 10.1. The molecule has 0 N–H and O–H groups in total. The lowest BCUT2D eigenvalue weighted by molar-refractivity contribution is 0.00578. The van der Waals surface area contributed by atoms with Gasteiger partial charge in [0.1, 0.15) is 0 Å². The Morgan fingerprint density at radius 3 is 1.89 bits per heavy atom. The monoisotopic (exact) mass is 577 g/mol. The van der Waals surface area contributed by atoms with Crippen LogP contribution >= 0.6 is 0 Å². The van der Waals surface area contributed by atoms with Gasteiger partial charge in [-0.05, 0) is 109 Å². The standard InChI is InChI=1S/C39H36BNO3/c1-37(2)31-22-25(16-19-29(31)30-20-18-27(24-32(30)37)40-43-38(3,4)39(5,6)44-40)26-17-21-34-36(23-26)42-35-15-11-10-14-33(35)41(34)28-12-8-7-9-13-28/h7-24H,1-6H3. The SMILES string of the molecule is CC1(C)c2cc(B3OC(C)(C)C(C)(C)O3)ccc2-c2ccc(-c3ccc4c(c3)Oc3ccccc3N4c3ccccc3)cc21. The highest BCUT2D eigenvalue weighted by atomic mass is 16.7. The van der Waals surface area contributed by atoms with E-state index in [2.05, 4.69) is 137 Å². The van der Waals surface area contributed by atoms with E-state index < -0.39 is 0 Å². The van der Waals surface area contributed by atoms with Crippen molar-refractivity contribution in [3.63, 3.8) is 0 Å². The van der Waals surface area contributed by atoms with Crippen LogP contribution in [0.4, 0.5) is 17.1 Å². The van der Waals surface area contributed by atoms with E-state index >= 15 is 0 Å². The summed E-state index contributed by atoms with van der Waals surface area (Å²) in [5.74, 6) is 1.70. The predicted octanol–water partition coefficient (Wildman–Crippen LogP) is 9.53. The molecule has 1 aliphatic carbocycles. The third-order valence-corrected chi connectivity index (χ3v) is 10.1. The first-order chi connectivity index (χ1) is 21.0. The lowest BCUT2D eigenvalue weighted by Crippen LogP contribution is -2.41. The lowest BCUT2D eigenvalue weighted by atomic mass is 9.74. The summed E-state index contributed by atoms with van der Waals surface area (Å²) in [4.78, 5) is 2.28. The second kappa shape index (κ2) is 9.34. The van der Waals surface area contributed by atoms with Crippen LogP contribution in [0, 0.1) is 0 Å². The van der Waals surface area contributed by atoms with Crippen molar-refractivity contribution in [3.05, 3.63) is 120 Å².